The molecule has 1 aliphatic heterocycles. The normalized spacial score (nSPS) is 21.3. The molecule has 0 spiro atoms. The third-order valence-corrected chi connectivity index (χ3v) is 6.13. The first-order valence-electron chi connectivity index (χ1n) is 9.52. The maximum Gasteiger partial charge on any atom is 0.412 e. The number of carbonyl (C=O) groups is 2. The van der Waals surface area contributed by atoms with Gasteiger partial charge in [0.2, 0.25) is 0 Å². The van der Waals surface area contributed by atoms with Crippen molar-refractivity contribution >= 4 is 40.4 Å². The van der Waals surface area contributed by atoms with E-state index in [1.54, 1.807) is 0 Å². The number of nitrogens with one attached hydrogen (secondary N) is 1. The smallest absolute Gasteiger partial charge is 0.412 e. The highest BCUT2D eigenvalue weighted by Gasteiger charge is 2.46. The van der Waals surface area contributed by atoms with Gasteiger partial charge in [-0.15, -0.1) is 0 Å². The number of rotatable bonds is 6. The minimum Gasteiger partial charge on any atom is -0.453 e. The molecule has 31 heavy (non-hydrogen) atoms. The predicted molar refractivity (Wildman–Crippen MR) is 119 cm³/mol. The first kappa shape index (κ1) is 23.0. The summed E-state index contributed by atoms with van der Waals surface area (Å²) >= 11 is 2.23. The van der Waals surface area contributed by atoms with E-state index in [4.69, 9.17) is 5.73 Å². The number of ether oxygens (including phenoxy) is 1. The van der Waals surface area contributed by atoms with E-state index >= 15 is 4.39 Å². The van der Waals surface area contributed by atoms with Crippen molar-refractivity contribution in [2.75, 3.05) is 25.5 Å². The Bertz CT molecular complexity index is 1010. The number of carbonyl (C=O) groups excluding carboxylic acids is 2. The van der Waals surface area contributed by atoms with Crippen molar-refractivity contribution in [1.29, 1.82) is 5.26 Å². The minimum atomic E-state index is -1.43. The lowest BCUT2D eigenvalue weighted by atomic mass is 9.83. The van der Waals surface area contributed by atoms with Crippen molar-refractivity contribution in [3.63, 3.8) is 0 Å². The van der Waals surface area contributed by atoms with Gasteiger partial charge in [-0.2, -0.15) is 10.4 Å². The number of benzene rings is 1. The fraction of sp³-hybridized carbons (Fsp3) is 0.400. The third-order valence-electron chi connectivity index (χ3n) is 5.41. The fourth-order valence-corrected chi connectivity index (χ4v) is 4.04. The number of aromatic nitrogens is 2. The van der Waals surface area contributed by atoms with Crippen LogP contribution in [0.15, 0.2) is 30.5 Å². The Hall–Kier alpha value is -2.72. The van der Waals surface area contributed by atoms with E-state index in [1.165, 1.54) is 10.9 Å². The highest BCUT2D eigenvalue weighted by atomic mass is 127. The molecule has 164 valence electrons. The zero-order valence-corrected chi connectivity index (χ0v) is 19.0. The zero-order valence-electron chi connectivity index (χ0n) is 16.8. The molecule has 1 fully saturated rings. The van der Waals surface area contributed by atoms with Gasteiger partial charge in [0, 0.05) is 29.4 Å². The predicted octanol–water partition coefficient (Wildman–Crippen LogP) is 2.62. The molecule has 11 heteroatoms. The van der Waals surface area contributed by atoms with Crippen LogP contribution >= 0.6 is 22.6 Å². The SMILES string of the molecule is COC(=O)Nc1nn(C2(CC#N)CCN(Cc3ccc(I)cc3)CC2F)cc1C(N)=O. The van der Waals surface area contributed by atoms with Gasteiger partial charge in [-0.05, 0) is 46.7 Å². The fourth-order valence-electron chi connectivity index (χ4n) is 3.69. The summed E-state index contributed by atoms with van der Waals surface area (Å²) in [7, 11) is 1.16. The number of nitrogens with zero attached hydrogens (tertiary/aromatic N) is 4. The van der Waals surface area contributed by atoms with Crippen LogP contribution in [0.1, 0.15) is 28.8 Å². The van der Waals surface area contributed by atoms with Crippen LogP contribution in [0.5, 0.6) is 0 Å². The number of hydrogen-bond acceptors (Lipinski definition) is 6. The summed E-state index contributed by atoms with van der Waals surface area (Å²) in [4.78, 5) is 25.4. The molecule has 2 atom stereocenters. The molecule has 3 rings (SSSR count). The summed E-state index contributed by atoms with van der Waals surface area (Å²) in [6.07, 6.45) is -0.846. The van der Waals surface area contributed by atoms with Crippen molar-refractivity contribution in [2.24, 2.45) is 5.73 Å². The molecule has 0 saturated carbocycles. The van der Waals surface area contributed by atoms with Gasteiger partial charge in [0.25, 0.3) is 5.91 Å². The van der Waals surface area contributed by atoms with Crippen molar-refractivity contribution in [3.8, 4) is 6.07 Å². The second-order valence-corrected chi connectivity index (χ2v) is 8.58. The van der Waals surface area contributed by atoms with Crippen molar-refractivity contribution in [3.05, 3.63) is 45.2 Å². The average molecular weight is 540 g/mol. The number of methoxy groups -OCH3 is 1. The molecule has 9 nitrogen and oxygen atoms in total. The monoisotopic (exact) mass is 540 g/mol. The molecular weight excluding hydrogens is 518 g/mol. The van der Waals surface area contributed by atoms with Crippen LogP contribution in [0.25, 0.3) is 0 Å². The van der Waals surface area contributed by atoms with E-state index in [9.17, 15) is 14.9 Å². The van der Waals surface area contributed by atoms with Crippen LogP contribution in [-0.4, -0.2) is 53.1 Å². The highest BCUT2D eigenvalue weighted by Crippen LogP contribution is 2.37. The third kappa shape index (κ3) is 4.96. The van der Waals surface area contributed by atoms with Gasteiger partial charge in [-0.25, -0.2) is 9.18 Å². The standard InChI is InChI=1S/C20H22FIN6O3/c1-31-19(30)25-18-15(17(24)29)11-28(26-18)20(6-8-23)7-9-27(12-16(20)21)10-13-2-4-14(22)5-3-13/h2-5,11,16H,6-7,9-10,12H2,1H3,(H2,24,29)(H,25,26,30). The number of nitrogens with two attached hydrogens (primary N) is 1. The highest BCUT2D eigenvalue weighted by molar-refractivity contribution is 14.1. The Morgan fingerprint density at radius 3 is 2.74 bits per heavy atom. The first-order valence-corrected chi connectivity index (χ1v) is 10.6. The maximum absolute atomic E-state index is 15.6. The number of amides is 2. The van der Waals surface area contributed by atoms with Crippen LogP contribution < -0.4 is 11.1 Å². The first-order chi connectivity index (χ1) is 14.8. The van der Waals surface area contributed by atoms with E-state index in [-0.39, 0.29) is 24.3 Å². The summed E-state index contributed by atoms with van der Waals surface area (Å²) in [6.45, 7) is 1.21. The number of nitriles is 1. The van der Waals surface area contributed by atoms with Gasteiger partial charge in [0.05, 0.1) is 19.6 Å². The Labute approximate surface area is 192 Å². The molecule has 2 amide bonds. The molecule has 0 aliphatic carbocycles. The van der Waals surface area contributed by atoms with Gasteiger partial charge < -0.3 is 10.5 Å². The maximum atomic E-state index is 15.6. The van der Waals surface area contributed by atoms with Crippen LogP contribution in [0.4, 0.5) is 15.0 Å². The number of piperidine rings is 1. The molecule has 2 heterocycles. The number of likely N-dealkylation sites (tertiary alicyclic amines) is 1. The van der Waals surface area contributed by atoms with Gasteiger partial charge in [0.1, 0.15) is 17.3 Å². The molecular formula is C20H22FIN6O3. The second kappa shape index (κ2) is 9.61. The van der Waals surface area contributed by atoms with Gasteiger partial charge in [0.15, 0.2) is 5.82 Å². The lowest BCUT2D eigenvalue weighted by molar-refractivity contribution is 0.00694. The number of alkyl halides is 1. The van der Waals surface area contributed by atoms with Crippen LogP contribution in [0.3, 0.4) is 0 Å². The van der Waals surface area contributed by atoms with E-state index < -0.39 is 23.7 Å². The summed E-state index contributed by atoms with van der Waals surface area (Å²) in [5, 5.41) is 15.9. The Balaban J connectivity index is 1.86. The number of hydrogen-bond donors (Lipinski definition) is 2. The number of primary amides is 1. The van der Waals surface area contributed by atoms with E-state index in [0.717, 1.165) is 16.2 Å². The molecule has 1 saturated heterocycles. The van der Waals surface area contributed by atoms with Crippen molar-refractivity contribution in [1.82, 2.24) is 14.7 Å². The summed E-state index contributed by atoms with van der Waals surface area (Å²) in [5.74, 6) is -0.971. The van der Waals surface area contributed by atoms with Crippen molar-refractivity contribution < 1.29 is 18.7 Å². The Morgan fingerprint density at radius 2 is 2.16 bits per heavy atom. The molecule has 2 aromatic rings. The largest absolute Gasteiger partial charge is 0.453 e. The topological polar surface area (TPSA) is 126 Å². The zero-order chi connectivity index (χ0) is 22.6. The van der Waals surface area contributed by atoms with Gasteiger partial charge in [-0.3, -0.25) is 19.7 Å². The Kier molecular flexibility index (Phi) is 7.11. The lowest BCUT2D eigenvalue weighted by Crippen LogP contribution is -2.54. The molecule has 1 aromatic carbocycles. The lowest BCUT2D eigenvalue weighted by Gasteiger charge is -2.43. The molecule has 1 aliphatic rings. The molecule has 2 unspecified atom stereocenters. The Morgan fingerprint density at radius 1 is 1.45 bits per heavy atom. The quantitative estimate of drug-likeness (QED) is 0.543. The number of anilines is 1. The molecule has 1 aromatic heterocycles. The average Bonchev–Trinajstić information content (AvgIpc) is 3.16. The van der Waals surface area contributed by atoms with Gasteiger partial charge in [-0.1, -0.05) is 12.1 Å². The van der Waals surface area contributed by atoms with E-state index in [1.807, 2.05) is 35.2 Å². The van der Waals surface area contributed by atoms with Gasteiger partial charge >= 0.3 is 6.09 Å². The number of halogens is 2. The summed E-state index contributed by atoms with van der Waals surface area (Å²) in [6, 6.07) is 10.0. The summed E-state index contributed by atoms with van der Waals surface area (Å²) in [5.41, 5.74) is 5.10. The van der Waals surface area contributed by atoms with Crippen LogP contribution in [0.2, 0.25) is 0 Å². The van der Waals surface area contributed by atoms with Crippen molar-refractivity contribution in [2.45, 2.75) is 31.1 Å². The molecule has 0 radical (unpaired) electrons. The van der Waals surface area contributed by atoms with Crippen LogP contribution in [0, 0.1) is 14.9 Å². The molecule has 3 N–H and O–H groups in total. The molecule has 0 bridgehead atoms. The van der Waals surface area contributed by atoms with E-state index in [0.29, 0.717) is 19.5 Å². The van der Waals surface area contributed by atoms with E-state index in [2.05, 4.69) is 37.7 Å². The summed E-state index contributed by atoms with van der Waals surface area (Å²) < 4.78 is 22.5. The van der Waals surface area contributed by atoms with Crippen LogP contribution in [-0.2, 0) is 16.8 Å². The second-order valence-electron chi connectivity index (χ2n) is 7.33. The minimum absolute atomic E-state index is 0.0868.